The Labute approximate surface area is 153 Å². The summed E-state index contributed by atoms with van der Waals surface area (Å²) in [4.78, 5) is 33.9. The van der Waals surface area contributed by atoms with E-state index < -0.39 is 5.54 Å². The summed E-state index contributed by atoms with van der Waals surface area (Å²) in [6.07, 6.45) is 8.71. The van der Waals surface area contributed by atoms with E-state index in [0.29, 0.717) is 12.4 Å². The third-order valence-electron chi connectivity index (χ3n) is 5.63. The average Bonchev–Trinajstić information content (AvgIpc) is 3.08. The van der Waals surface area contributed by atoms with Gasteiger partial charge in [-0.1, -0.05) is 6.92 Å². The van der Waals surface area contributed by atoms with Crippen LogP contribution in [0.3, 0.4) is 0 Å². The Kier molecular flexibility index (Phi) is 3.86. The van der Waals surface area contributed by atoms with Gasteiger partial charge in [0, 0.05) is 31.2 Å². The molecule has 3 aliphatic rings. The second kappa shape index (κ2) is 5.97. The molecule has 6 heteroatoms. The van der Waals surface area contributed by atoms with Gasteiger partial charge >= 0.3 is 0 Å². The zero-order valence-corrected chi connectivity index (χ0v) is 15.5. The number of carbonyl (C=O) groups excluding carboxylic acids is 2. The lowest BCUT2D eigenvalue weighted by Gasteiger charge is -2.47. The van der Waals surface area contributed by atoms with E-state index in [2.05, 4.69) is 28.7 Å². The molecule has 1 aromatic heterocycles. The van der Waals surface area contributed by atoms with Crippen molar-refractivity contribution in [3.05, 3.63) is 47.9 Å². The molecule has 0 radical (unpaired) electrons. The minimum atomic E-state index is -0.940. The molecule has 0 aliphatic carbocycles. The van der Waals surface area contributed by atoms with Crippen molar-refractivity contribution < 1.29 is 9.59 Å². The molecule has 4 heterocycles. The molecule has 2 atom stereocenters. The maximum Gasteiger partial charge on any atom is 0.250 e. The predicted octanol–water partition coefficient (Wildman–Crippen LogP) is 2.64. The second-order valence-corrected chi connectivity index (χ2v) is 7.44. The lowest BCUT2D eigenvalue weighted by Crippen LogP contribution is -2.62. The molecule has 0 bridgehead atoms. The van der Waals surface area contributed by atoms with Crippen LogP contribution in [0.15, 0.2) is 47.2 Å². The Bertz CT molecular complexity index is 863. The summed E-state index contributed by atoms with van der Waals surface area (Å²) in [5.41, 5.74) is 1.24. The maximum atomic E-state index is 13.7. The Balaban J connectivity index is 1.70. The standard InChI is InChI=1S/C20H24N4O2/c1-4-15-16-6-5-8-22(16)10-11-23(15)19(26)20(3)13-18(25)21-17-12-14(2)7-9-24(17)20/h5-9,12,15H,4,10-11,13H2,1-3H3/t15-,20-/m0/s1. The van der Waals surface area contributed by atoms with Gasteiger partial charge in [0.2, 0.25) is 5.91 Å². The van der Waals surface area contributed by atoms with E-state index in [4.69, 9.17) is 0 Å². The van der Waals surface area contributed by atoms with Crippen molar-refractivity contribution in [3.8, 4) is 0 Å². The number of amidine groups is 1. The van der Waals surface area contributed by atoms with Gasteiger partial charge in [-0.15, -0.1) is 0 Å². The second-order valence-electron chi connectivity index (χ2n) is 7.44. The van der Waals surface area contributed by atoms with Crippen molar-refractivity contribution in [3.63, 3.8) is 0 Å². The van der Waals surface area contributed by atoms with Gasteiger partial charge < -0.3 is 14.4 Å². The summed E-state index contributed by atoms with van der Waals surface area (Å²) in [7, 11) is 0. The molecule has 0 saturated carbocycles. The fourth-order valence-electron chi connectivity index (χ4n) is 4.27. The normalized spacial score (nSPS) is 27.7. The molecule has 0 spiro atoms. The molecular weight excluding hydrogens is 328 g/mol. The summed E-state index contributed by atoms with van der Waals surface area (Å²) in [6, 6.07) is 4.15. The number of aliphatic imine (C=N–C) groups is 1. The van der Waals surface area contributed by atoms with Crippen LogP contribution in [-0.2, 0) is 16.1 Å². The SMILES string of the molecule is CC[C@H]1c2cccn2CCN1C(=O)[C@]1(C)CC(=O)N=C2C=C(C)C=CN21. The van der Waals surface area contributed by atoms with Gasteiger partial charge in [-0.2, -0.15) is 4.99 Å². The fraction of sp³-hybridized carbons (Fsp3) is 0.450. The minimum absolute atomic E-state index is 0.00449. The first-order valence-corrected chi connectivity index (χ1v) is 9.17. The van der Waals surface area contributed by atoms with E-state index in [-0.39, 0.29) is 24.3 Å². The lowest BCUT2D eigenvalue weighted by atomic mass is 9.88. The number of allylic oxidation sites excluding steroid dienone is 2. The number of carbonyl (C=O) groups is 2. The molecule has 0 N–H and O–H groups in total. The van der Waals surface area contributed by atoms with Gasteiger partial charge in [0.1, 0.15) is 11.4 Å². The average molecular weight is 352 g/mol. The molecule has 6 nitrogen and oxygen atoms in total. The molecule has 0 aromatic carbocycles. The highest BCUT2D eigenvalue weighted by Gasteiger charge is 2.49. The zero-order valence-electron chi connectivity index (χ0n) is 15.5. The smallest absolute Gasteiger partial charge is 0.250 e. The molecule has 0 unspecified atom stereocenters. The highest BCUT2D eigenvalue weighted by Crippen LogP contribution is 2.36. The highest BCUT2D eigenvalue weighted by molar-refractivity contribution is 6.10. The van der Waals surface area contributed by atoms with Crippen molar-refractivity contribution in [2.24, 2.45) is 4.99 Å². The van der Waals surface area contributed by atoms with E-state index >= 15 is 0 Å². The summed E-state index contributed by atoms with van der Waals surface area (Å²) in [6.45, 7) is 7.36. The topological polar surface area (TPSA) is 57.9 Å². The van der Waals surface area contributed by atoms with Gasteiger partial charge in [-0.3, -0.25) is 9.59 Å². The van der Waals surface area contributed by atoms with Crippen molar-refractivity contribution in [1.29, 1.82) is 0 Å². The molecule has 0 saturated heterocycles. The van der Waals surface area contributed by atoms with Gasteiger partial charge in [0.15, 0.2) is 0 Å². The summed E-state index contributed by atoms with van der Waals surface area (Å²) in [5.74, 6) is 0.320. The minimum Gasteiger partial charge on any atom is -0.348 e. The Hall–Kier alpha value is -2.63. The van der Waals surface area contributed by atoms with Crippen LogP contribution in [0.4, 0.5) is 0 Å². The fourth-order valence-corrected chi connectivity index (χ4v) is 4.27. The van der Waals surface area contributed by atoms with Crippen molar-refractivity contribution in [2.75, 3.05) is 6.54 Å². The van der Waals surface area contributed by atoms with Crippen LogP contribution in [0.1, 0.15) is 45.3 Å². The van der Waals surface area contributed by atoms with Gasteiger partial charge in [-0.05, 0) is 50.1 Å². The molecule has 2 amide bonds. The molecule has 4 rings (SSSR count). The van der Waals surface area contributed by atoms with Crippen LogP contribution in [0, 0.1) is 0 Å². The quantitative estimate of drug-likeness (QED) is 0.822. The van der Waals surface area contributed by atoms with Crippen LogP contribution in [0.5, 0.6) is 0 Å². The molecule has 1 aromatic rings. The number of aromatic nitrogens is 1. The molecule has 3 aliphatic heterocycles. The van der Waals surface area contributed by atoms with E-state index in [1.807, 2.05) is 48.1 Å². The predicted molar refractivity (Wildman–Crippen MR) is 99.4 cm³/mol. The van der Waals surface area contributed by atoms with Gasteiger partial charge in [0.05, 0.1) is 12.5 Å². The number of amides is 2. The van der Waals surface area contributed by atoms with E-state index in [1.54, 1.807) is 0 Å². The number of rotatable bonds is 2. The summed E-state index contributed by atoms with van der Waals surface area (Å²) < 4.78 is 2.21. The molecule has 136 valence electrons. The molecule has 26 heavy (non-hydrogen) atoms. The third-order valence-corrected chi connectivity index (χ3v) is 5.63. The number of hydrogen-bond donors (Lipinski definition) is 0. The van der Waals surface area contributed by atoms with Crippen LogP contribution < -0.4 is 0 Å². The Morgan fingerprint density at radius 1 is 1.38 bits per heavy atom. The first kappa shape index (κ1) is 16.8. The van der Waals surface area contributed by atoms with E-state index in [9.17, 15) is 9.59 Å². The van der Waals surface area contributed by atoms with Gasteiger partial charge in [-0.25, -0.2) is 0 Å². The van der Waals surface area contributed by atoms with Crippen molar-refractivity contribution in [2.45, 2.75) is 51.7 Å². The van der Waals surface area contributed by atoms with Crippen LogP contribution >= 0.6 is 0 Å². The van der Waals surface area contributed by atoms with Crippen LogP contribution in [-0.4, -0.2) is 44.1 Å². The largest absolute Gasteiger partial charge is 0.348 e. The number of nitrogens with zero attached hydrogens (tertiary/aromatic N) is 4. The Morgan fingerprint density at radius 2 is 2.19 bits per heavy atom. The monoisotopic (exact) mass is 352 g/mol. The van der Waals surface area contributed by atoms with E-state index in [0.717, 1.165) is 24.2 Å². The maximum absolute atomic E-state index is 13.7. The first-order chi connectivity index (χ1) is 12.4. The van der Waals surface area contributed by atoms with Gasteiger partial charge in [0.25, 0.3) is 5.91 Å². The van der Waals surface area contributed by atoms with Crippen LogP contribution in [0.25, 0.3) is 0 Å². The van der Waals surface area contributed by atoms with Crippen molar-refractivity contribution in [1.82, 2.24) is 14.4 Å². The third kappa shape index (κ3) is 2.43. The zero-order chi connectivity index (χ0) is 18.5. The van der Waals surface area contributed by atoms with Crippen LogP contribution in [0.2, 0.25) is 0 Å². The molecule has 0 fully saturated rings. The summed E-state index contributed by atoms with van der Waals surface area (Å²) in [5, 5.41) is 0. The summed E-state index contributed by atoms with van der Waals surface area (Å²) >= 11 is 0. The first-order valence-electron chi connectivity index (χ1n) is 9.17. The van der Waals surface area contributed by atoms with Crippen molar-refractivity contribution >= 4 is 17.6 Å². The lowest BCUT2D eigenvalue weighted by molar-refractivity contribution is -0.147. The number of fused-ring (bicyclic) bond motifs is 2. The molecular formula is C20H24N4O2. The highest BCUT2D eigenvalue weighted by atomic mass is 16.2. The van der Waals surface area contributed by atoms with E-state index in [1.165, 1.54) is 0 Å². The Morgan fingerprint density at radius 3 is 2.96 bits per heavy atom. The number of hydrogen-bond acceptors (Lipinski definition) is 3.